The molecule has 0 aliphatic carbocycles. The van der Waals surface area contributed by atoms with Crippen LogP contribution in [0, 0.1) is 24.6 Å². The average Bonchev–Trinajstić information content (AvgIpc) is 2.89. The van der Waals surface area contributed by atoms with E-state index in [0.717, 1.165) is 0 Å². The van der Waals surface area contributed by atoms with Crippen LogP contribution >= 0.6 is 0 Å². The third-order valence-corrected chi connectivity index (χ3v) is 2.79. The Balaban J connectivity index is 2.18. The van der Waals surface area contributed by atoms with Gasteiger partial charge in [-0.15, -0.1) is 0 Å². The Hall–Kier alpha value is -2.58. The fourth-order valence-electron chi connectivity index (χ4n) is 1.73. The first kappa shape index (κ1) is 14.8. The molecule has 0 aliphatic heterocycles. The summed E-state index contributed by atoms with van der Waals surface area (Å²) < 4.78 is 18.6. The molecule has 0 saturated carbocycles. The van der Waals surface area contributed by atoms with Gasteiger partial charge in [-0.1, -0.05) is 11.8 Å². The maximum absolute atomic E-state index is 13.6. The Bertz CT molecular complexity index is 710. The highest BCUT2D eigenvalue weighted by Crippen LogP contribution is 2.16. The number of anilines is 1. The van der Waals surface area contributed by atoms with Crippen LogP contribution in [0.5, 0.6) is 0 Å². The molecule has 0 fully saturated rings. The van der Waals surface area contributed by atoms with Crippen molar-refractivity contribution in [2.75, 3.05) is 11.9 Å². The predicted molar refractivity (Wildman–Crippen MR) is 76.4 cm³/mol. The fourth-order valence-corrected chi connectivity index (χ4v) is 1.73. The highest BCUT2D eigenvalue weighted by Gasteiger charge is 2.12. The molecule has 108 valence electrons. The Morgan fingerprint density at radius 2 is 2.24 bits per heavy atom. The lowest BCUT2D eigenvalue weighted by molar-refractivity contribution is 0.102. The molecule has 2 rings (SSSR count). The maximum Gasteiger partial charge on any atom is 0.259 e. The topological polar surface area (TPSA) is 62.5 Å². The maximum atomic E-state index is 13.6. The van der Waals surface area contributed by atoms with E-state index >= 15 is 0 Å². The number of aliphatic hydroxyl groups excluding tert-OH is 1. The summed E-state index contributed by atoms with van der Waals surface area (Å²) in [7, 11) is 0. The van der Waals surface area contributed by atoms with E-state index in [1.54, 1.807) is 13.0 Å². The summed E-state index contributed by atoms with van der Waals surface area (Å²) in [6.45, 7) is 1.61. The van der Waals surface area contributed by atoms with Gasteiger partial charge < -0.3 is 14.8 Å². The lowest BCUT2D eigenvalue weighted by Crippen LogP contribution is -2.12. The highest BCUT2D eigenvalue weighted by molar-refractivity contribution is 6.04. The van der Waals surface area contributed by atoms with Crippen molar-refractivity contribution in [1.82, 2.24) is 0 Å². The van der Waals surface area contributed by atoms with E-state index in [1.165, 1.54) is 24.5 Å². The van der Waals surface area contributed by atoms with Crippen molar-refractivity contribution >= 4 is 11.6 Å². The zero-order valence-corrected chi connectivity index (χ0v) is 11.4. The molecule has 21 heavy (non-hydrogen) atoms. The van der Waals surface area contributed by atoms with Gasteiger partial charge in [-0.05, 0) is 31.2 Å². The van der Waals surface area contributed by atoms with Crippen molar-refractivity contribution in [3.05, 3.63) is 53.2 Å². The van der Waals surface area contributed by atoms with Crippen LogP contribution in [-0.4, -0.2) is 17.6 Å². The molecule has 0 bridgehead atoms. The summed E-state index contributed by atoms with van der Waals surface area (Å²) in [6, 6.07) is 5.71. The lowest BCUT2D eigenvalue weighted by Gasteiger charge is -2.05. The number of carbonyl (C=O) groups excluding carboxylic acids is 1. The van der Waals surface area contributed by atoms with Crippen LogP contribution < -0.4 is 5.32 Å². The molecule has 0 unspecified atom stereocenters. The van der Waals surface area contributed by atoms with Gasteiger partial charge in [0.25, 0.3) is 5.91 Å². The van der Waals surface area contributed by atoms with E-state index < -0.39 is 5.82 Å². The molecule has 5 heteroatoms. The molecule has 0 spiro atoms. The molecule has 0 atom stereocenters. The minimum atomic E-state index is -0.474. The second-order valence-electron chi connectivity index (χ2n) is 4.31. The van der Waals surface area contributed by atoms with E-state index in [4.69, 9.17) is 9.52 Å². The summed E-state index contributed by atoms with van der Waals surface area (Å²) in [6.07, 6.45) is 1.70. The van der Waals surface area contributed by atoms with Gasteiger partial charge in [0.05, 0.1) is 24.0 Å². The normalized spacial score (nSPS) is 9.86. The molecule has 1 aromatic heterocycles. The first-order valence-electron chi connectivity index (χ1n) is 6.36. The van der Waals surface area contributed by atoms with E-state index in [-0.39, 0.29) is 24.5 Å². The molecule has 0 aliphatic rings. The molecule has 2 N–H and O–H groups in total. The molecule has 1 aromatic carbocycles. The van der Waals surface area contributed by atoms with Crippen LogP contribution in [0.1, 0.15) is 28.1 Å². The van der Waals surface area contributed by atoms with E-state index in [2.05, 4.69) is 17.2 Å². The summed E-state index contributed by atoms with van der Waals surface area (Å²) in [5.74, 6) is 4.97. The Morgan fingerprint density at radius 1 is 1.43 bits per heavy atom. The van der Waals surface area contributed by atoms with Crippen LogP contribution in [0.25, 0.3) is 0 Å². The van der Waals surface area contributed by atoms with Crippen LogP contribution in [0.15, 0.2) is 34.9 Å². The molecule has 0 radical (unpaired) electrons. The van der Waals surface area contributed by atoms with Crippen molar-refractivity contribution in [2.24, 2.45) is 0 Å². The van der Waals surface area contributed by atoms with Crippen LogP contribution in [0.2, 0.25) is 0 Å². The Morgan fingerprint density at radius 3 is 2.90 bits per heavy atom. The number of benzene rings is 1. The SMILES string of the molecule is Cc1occc1C(=O)Nc1ccc(F)c(C#CCCO)c1. The van der Waals surface area contributed by atoms with Gasteiger partial charge in [-0.25, -0.2) is 4.39 Å². The van der Waals surface area contributed by atoms with Crippen molar-refractivity contribution < 1.29 is 18.7 Å². The third kappa shape index (κ3) is 3.71. The quantitative estimate of drug-likeness (QED) is 0.853. The van der Waals surface area contributed by atoms with Gasteiger partial charge in [0.15, 0.2) is 0 Å². The van der Waals surface area contributed by atoms with Crippen LogP contribution in [0.4, 0.5) is 10.1 Å². The second kappa shape index (κ2) is 6.73. The largest absolute Gasteiger partial charge is 0.469 e. The fraction of sp³-hybridized carbons (Fsp3) is 0.188. The first-order valence-corrected chi connectivity index (χ1v) is 6.36. The number of nitrogens with one attached hydrogen (secondary N) is 1. The summed E-state index contributed by atoms with van der Waals surface area (Å²) >= 11 is 0. The number of carbonyl (C=O) groups is 1. The van der Waals surface area contributed by atoms with Crippen molar-refractivity contribution in [2.45, 2.75) is 13.3 Å². The van der Waals surface area contributed by atoms with Crippen molar-refractivity contribution in [3.8, 4) is 11.8 Å². The number of amides is 1. The van der Waals surface area contributed by atoms with E-state index in [0.29, 0.717) is 17.0 Å². The highest BCUT2D eigenvalue weighted by atomic mass is 19.1. The van der Waals surface area contributed by atoms with Crippen LogP contribution in [0.3, 0.4) is 0 Å². The Kier molecular flexibility index (Phi) is 4.75. The summed E-state index contributed by atoms with van der Waals surface area (Å²) in [4.78, 5) is 12.0. The molecule has 1 amide bonds. The lowest BCUT2D eigenvalue weighted by atomic mass is 10.1. The number of aryl methyl sites for hydroxylation is 1. The molecular formula is C16H14FNO3. The zero-order chi connectivity index (χ0) is 15.2. The van der Waals surface area contributed by atoms with Gasteiger partial charge in [-0.3, -0.25) is 4.79 Å². The first-order chi connectivity index (χ1) is 10.1. The smallest absolute Gasteiger partial charge is 0.259 e. The zero-order valence-electron chi connectivity index (χ0n) is 11.4. The number of halogens is 1. The predicted octanol–water partition coefficient (Wildman–Crippen LogP) is 2.71. The minimum absolute atomic E-state index is 0.0786. The molecule has 1 heterocycles. The monoisotopic (exact) mass is 287 g/mol. The number of aliphatic hydroxyl groups is 1. The van der Waals surface area contributed by atoms with Gasteiger partial charge in [0, 0.05) is 12.1 Å². The molecule has 0 saturated heterocycles. The molecular weight excluding hydrogens is 273 g/mol. The molecule has 4 nitrogen and oxygen atoms in total. The van der Waals surface area contributed by atoms with Crippen LogP contribution in [-0.2, 0) is 0 Å². The summed E-state index contributed by atoms with van der Waals surface area (Å²) in [5.41, 5.74) is 1.03. The average molecular weight is 287 g/mol. The number of furan rings is 1. The van der Waals surface area contributed by atoms with Crippen molar-refractivity contribution in [3.63, 3.8) is 0 Å². The Labute approximate surface area is 121 Å². The second-order valence-corrected chi connectivity index (χ2v) is 4.31. The van der Waals surface area contributed by atoms with Crippen molar-refractivity contribution in [1.29, 1.82) is 0 Å². The number of hydrogen-bond acceptors (Lipinski definition) is 3. The molecule has 2 aromatic rings. The summed E-state index contributed by atoms with van der Waals surface area (Å²) in [5, 5.41) is 11.3. The third-order valence-electron chi connectivity index (χ3n) is 2.79. The van der Waals surface area contributed by atoms with Gasteiger partial charge >= 0.3 is 0 Å². The van der Waals surface area contributed by atoms with E-state index in [1.807, 2.05) is 0 Å². The van der Waals surface area contributed by atoms with Gasteiger partial charge in [-0.2, -0.15) is 0 Å². The van der Waals surface area contributed by atoms with E-state index in [9.17, 15) is 9.18 Å². The van der Waals surface area contributed by atoms with Gasteiger partial charge in [0.1, 0.15) is 11.6 Å². The number of hydrogen-bond donors (Lipinski definition) is 2. The van der Waals surface area contributed by atoms with Gasteiger partial charge in [0.2, 0.25) is 0 Å². The standard InChI is InChI=1S/C16H14FNO3/c1-11-14(7-9-21-11)16(20)18-13-5-6-15(17)12(10-13)4-2-3-8-19/h5-7,9-10,19H,3,8H2,1H3,(H,18,20). The number of rotatable bonds is 3. The minimum Gasteiger partial charge on any atom is -0.469 e.